The Morgan fingerprint density at radius 1 is 1.02 bits per heavy atom. The number of benzene rings is 3. The van der Waals surface area contributed by atoms with Crippen LogP contribution in [0, 0.1) is 6.92 Å². The molecule has 7 heteroatoms. The quantitative estimate of drug-likeness (QED) is 0.116. The maximum Gasteiger partial charge on any atom is 0.339 e. The van der Waals surface area contributed by atoms with E-state index in [9.17, 15) is 4.79 Å². The van der Waals surface area contributed by atoms with Crippen molar-refractivity contribution in [1.82, 2.24) is 19.8 Å². The van der Waals surface area contributed by atoms with Gasteiger partial charge in [-0.25, -0.2) is 9.78 Å². The molecule has 3 aromatic carbocycles. The molecule has 6 rings (SSSR count). The third kappa shape index (κ3) is 7.68. The van der Waals surface area contributed by atoms with Crippen molar-refractivity contribution in [3.05, 3.63) is 107 Å². The summed E-state index contributed by atoms with van der Waals surface area (Å²) >= 11 is 0. The van der Waals surface area contributed by atoms with Crippen LogP contribution in [0.15, 0.2) is 84.6 Å². The molecule has 1 unspecified atom stereocenters. The number of fused-ring (bicyclic) bond motifs is 2. The first-order valence-electron chi connectivity index (χ1n) is 17.6. The Balaban J connectivity index is 1.20. The van der Waals surface area contributed by atoms with Crippen molar-refractivity contribution < 1.29 is 14.3 Å². The number of nitrogens with zero attached hydrogens (tertiary/aromatic N) is 3. The van der Waals surface area contributed by atoms with Crippen molar-refractivity contribution in [1.29, 1.82) is 0 Å². The number of allylic oxidation sites excluding steroid dienone is 2. The number of unbranched alkanes of at least 4 members (excludes halogenated alkanes) is 2. The van der Waals surface area contributed by atoms with E-state index in [4.69, 9.17) is 14.5 Å². The normalized spacial score (nSPS) is 15.9. The molecule has 48 heavy (non-hydrogen) atoms. The molecule has 0 radical (unpaired) electrons. The maximum absolute atomic E-state index is 13.0. The van der Waals surface area contributed by atoms with E-state index >= 15 is 0 Å². The van der Waals surface area contributed by atoms with Crippen molar-refractivity contribution in [2.75, 3.05) is 19.8 Å². The van der Waals surface area contributed by atoms with Gasteiger partial charge in [0.1, 0.15) is 22.7 Å². The van der Waals surface area contributed by atoms with E-state index in [0.29, 0.717) is 24.8 Å². The molecule has 252 valence electrons. The highest BCUT2D eigenvalue weighted by atomic mass is 16.6. The summed E-state index contributed by atoms with van der Waals surface area (Å²) in [5.74, 6) is 1.68. The summed E-state index contributed by atoms with van der Waals surface area (Å²) in [5.41, 5.74) is 7.72. The monoisotopic (exact) mass is 646 g/mol. The smallest absolute Gasteiger partial charge is 0.339 e. The van der Waals surface area contributed by atoms with Crippen LogP contribution in [-0.2, 0) is 17.7 Å². The van der Waals surface area contributed by atoms with E-state index in [2.05, 4.69) is 83.3 Å². The number of imidazole rings is 1. The van der Waals surface area contributed by atoms with Crippen LogP contribution in [0.1, 0.15) is 87.1 Å². The van der Waals surface area contributed by atoms with Crippen LogP contribution >= 0.6 is 0 Å². The molecule has 2 aliphatic rings. The molecule has 0 saturated carbocycles. The van der Waals surface area contributed by atoms with Crippen molar-refractivity contribution in [2.45, 2.75) is 91.3 Å². The second kappa shape index (κ2) is 14.8. The summed E-state index contributed by atoms with van der Waals surface area (Å²) in [7, 11) is 0. The second-order valence-corrected chi connectivity index (χ2v) is 14.0. The molecule has 0 bridgehead atoms. The minimum absolute atomic E-state index is 0.309. The van der Waals surface area contributed by atoms with Gasteiger partial charge in [0, 0.05) is 25.2 Å². The van der Waals surface area contributed by atoms with E-state index in [1.165, 1.54) is 11.3 Å². The largest absolute Gasteiger partial charge is 0.491 e. The van der Waals surface area contributed by atoms with E-state index < -0.39 is 5.60 Å². The van der Waals surface area contributed by atoms with Gasteiger partial charge in [0.15, 0.2) is 0 Å². The lowest BCUT2D eigenvalue weighted by molar-refractivity contribution is 0.00704. The molecular weight excluding hydrogens is 596 g/mol. The summed E-state index contributed by atoms with van der Waals surface area (Å²) in [5, 5.41) is 3.62. The summed E-state index contributed by atoms with van der Waals surface area (Å²) in [6, 6.07) is 20.9. The van der Waals surface area contributed by atoms with Gasteiger partial charge in [-0.15, -0.1) is 0 Å². The SMILES string of the molecule is CCCCc1nc2c(C)ccc(OCCCCN3CNC4CC=CC=C43)c2n1Cc1ccc(-c2ccccc2C(=O)OC(C)(C)C)cc1. The zero-order chi connectivity index (χ0) is 33.7. The number of rotatable bonds is 13. The van der Waals surface area contributed by atoms with E-state index in [1.807, 2.05) is 45.0 Å². The highest BCUT2D eigenvalue weighted by Gasteiger charge is 2.26. The minimum atomic E-state index is -0.557. The van der Waals surface area contributed by atoms with Gasteiger partial charge in [-0.1, -0.05) is 74.0 Å². The average molecular weight is 647 g/mol. The lowest BCUT2D eigenvalue weighted by atomic mass is 9.98. The van der Waals surface area contributed by atoms with E-state index in [-0.39, 0.29) is 5.97 Å². The number of esters is 1. The van der Waals surface area contributed by atoms with Crippen LogP contribution in [0.4, 0.5) is 0 Å². The van der Waals surface area contributed by atoms with Crippen molar-refractivity contribution in [3.8, 4) is 16.9 Å². The Labute approximate surface area is 285 Å². The second-order valence-electron chi connectivity index (χ2n) is 14.0. The van der Waals surface area contributed by atoms with Crippen LogP contribution in [0.3, 0.4) is 0 Å². The molecule has 2 heterocycles. The van der Waals surface area contributed by atoms with Crippen LogP contribution in [0.25, 0.3) is 22.2 Å². The number of carbonyl (C=O) groups is 1. The zero-order valence-electron chi connectivity index (χ0n) is 29.2. The molecule has 1 aliphatic heterocycles. The first-order valence-corrected chi connectivity index (χ1v) is 17.6. The number of hydrogen-bond acceptors (Lipinski definition) is 6. The molecule has 1 fully saturated rings. The highest BCUT2D eigenvalue weighted by Crippen LogP contribution is 2.32. The number of carbonyl (C=O) groups excluding carboxylic acids is 1. The van der Waals surface area contributed by atoms with Crippen molar-refractivity contribution in [3.63, 3.8) is 0 Å². The lowest BCUT2D eigenvalue weighted by Crippen LogP contribution is -2.24. The number of aromatic nitrogens is 2. The topological polar surface area (TPSA) is 68.6 Å². The van der Waals surface area contributed by atoms with E-state index in [1.54, 1.807) is 0 Å². The van der Waals surface area contributed by atoms with Crippen molar-refractivity contribution in [2.24, 2.45) is 0 Å². The third-order valence-corrected chi connectivity index (χ3v) is 9.15. The summed E-state index contributed by atoms with van der Waals surface area (Å²) in [6.07, 6.45) is 12.9. The van der Waals surface area contributed by atoms with Crippen LogP contribution in [0.5, 0.6) is 5.75 Å². The van der Waals surface area contributed by atoms with Gasteiger partial charge in [-0.05, 0) is 93.8 Å². The predicted octanol–water partition coefficient (Wildman–Crippen LogP) is 8.59. The summed E-state index contributed by atoms with van der Waals surface area (Å²) < 4.78 is 14.6. The molecular formula is C41H50N4O3. The van der Waals surface area contributed by atoms with Gasteiger partial charge >= 0.3 is 5.97 Å². The molecule has 7 nitrogen and oxygen atoms in total. The molecule has 1 saturated heterocycles. The molecule has 0 spiro atoms. The van der Waals surface area contributed by atoms with Crippen LogP contribution in [-0.4, -0.2) is 51.9 Å². The third-order valence-electron chi connectivity index (χ3n) is 9.15. The highest BCUT2D eigenvalue weighted by molar-refractivity contribution is 5.97. The summed E-state index contributed by atoms with van der Waals surface area (Å²) in [6.45, 7) is 13.4. The number of ether oxygens (including phenoxy) is 2. The Morgan fingerprint density at radius 3 is 2.62 bits per heavy atom. The number of hydrogen-bond donors (Lipinski definition) is 1. The molecule has 0 amide bonds. The first kappa shape index (κ1) is 33.5. The molecule has 1 atom stereocenters. The molecule has 1 N–H and O–H groups in total. The fourth-order valence-corrected chi connectivity index (χ4v) is 6.65. The standard InChI is InChI=1S/C41H50N4O3/c1-6-7-18-37-43-38-29(2)19-24-36(47-26-13-12-25-44-28-42-34-16-10-11-17-35(34)44)39(38)45(37)27-30-20-22-31(23-21-30)32-14-8-9-15-33(32)40(46)48-41(3,4)5/h8-11,14-15,17,19-24,34,42H,6-7,12-13,16,18,25-28H2,1-5H3. The van der Waals surface area contributed by atoms with Gasteiger partial charge in [-0.2, -0.15) is 0 Å². The Bertz CT molecular complexity index is 1790. The van der Waals surface area contributed by atoms with Gasteiger partial charge in [0.2, 0.25) is 0 Å². The van der Waals surface area contributed by atoms with Gasteiger partial charge in [-0.3, -0.25) is 5.32 Å². The first-order chi connectivity index (χ1) is 23.2. The fraction of sp³-hybridized carbons (Fsp3) is 0.415. The minimum Gasteiger partial charge on any atom is -0.491 e. The van der Waals surface area contributed by atoms with Crippen LogP contribution < -0.4 is 10.1 Å². The Hall–Kier alpha value is -4.36. The van der Waals surface area contributed by atoms with Gasteiger partial charge in [0.05, 0.1) is 30.4 Å². The fourth-order valence-electron chi connectivity index (χ4n) is 6.65. The number of aryl methyl sites for hydroxylation is 2. The van der Waals surface area contributed by atoms with Gasteiger partial charge in [0.25, 0.3) is 0 Å². The zero-order valence-corrected chi connectivity index (χ0v) is 29.2. The molecule has 4 aromatic rings. The van der Waals surface area contributed by atoms with Crippen molar-refractivity contribution >= 4 is 17.0 Å². The van der Waals surface area contributed by atoms with Crippen LogP contribution in [0.2, 0.25) is 0 Å². The van der Waals surface area contributed by atoms with Gasteiger partial charge < -0.3 is 18.9 Å². The Morgan fingerprint density at radius 2 is 1.83 bits per heavy atom. The lowest BCUT2D eigenvalue weighted by Gasteiger charge is -2.22. The van der Waals surface area contributed by atoms with E-state index in [0.717, 1.165) is 91.0 Å². The predicted molar refractivity (Wildman–Crippen MR) is 194 cm³/mol. The summed E-state index contributed by atoms with van der Waals surface area (Å²) in [4.78, 5) is 20.6. The Kier molecular flexibility index (Phi) is 10.4. The number of nitrogens with one attached hydrogen (secondary N) is 1. The average Bonchev–Trinajstić information content (AvgIpc) is 3.66. The molecule has 1 aliphatic carbocycles. The molecule has 1 aromatic heterocycles. The maximum atomic E-state index is 13.0.